The summed E-state index contributed by atoms with van der Waals surface area (Å²) in [6.07, 6.45) is 0. The van der Waals surface area contributed by atoms with Crippen LogP contribution in [0, 0.1) is 12.7 Å². The molecule has 154 valence electrons. The fourth-order valence-corrected chi connectivity index (χ4v) is 3.66. The summed E-state index contributed by atoms with van der Waals surface area (Å²) in [6, 6.07) is 17.7. The Bertz CT molecular complexity index is 1110. The van der Waals surface area contributed by atoms with Crippen LogP contribution in [0.25, 0.3) is 5.69 Å². The highest BCUT2D eigenvalue weighted by Crippen LogP contribution is 2.14. The number of carbonyl (C=O) groups excluding carboxylic acids is 1. The van der Waals surface area contributed by atoms with Crippen molar-refractivity contribution in [1.29, 1.82) is 0 Å². The monoisotopic (exact) mass is 406 g/mol. The zero-order valence-electron chi connectivity index (χ0n) is 16.8. The van der Waals surface area contributed by atoms with E-state index in [1.54, 1.807) is 30.0 Å². The fraction of sp³-hybridized carbons (Fsp3) is 0.261. The third-order valence-corrected chi connectivity index (χ3v) is 5.30. The lowest BCUT2D eigenvalue weighted by molar-refractivity contribution is 0.0619. The van der Waals surface area contributed by atoms with Crippen molar-refractivity contribution in [1.82, 2.24) is 19.6 Å². The van der Waals surface area contributed by atoms with Gasteiger partial charge in [-0.15, -0.1) is 0 Å². The van der Waals surface area contributed by atoms with Crippen molar-refractivity contribution < 1.29 is 9.18 Å². The van der Waals surface area contributed by atoms with Gasteiger partial charge < -0.3 is 4.90 Å². The molecule has 0 unspecified atom stereocenters. The SMILES string of the molecule is Cc1cc(=O)c(C(=O)N2CCN(Cc3ccccc3)CC2)nn1-c1ccccc1F. The fourth-order valence-electron chi connectivity index (χ4n) is 3.66. The number of hydrogen-bond donors (Lipinski definition) is 0. The van der Waals surface area contributed by atoms with Gasteiger partial charge in [0.2, 0.25) is 5.43 Å². The average molecular weight is 406 g/mol. The molecule has 0 bridgehead atoms. The molecule has 0 N–H and O–H groups in total. The minimum atomic E-state index is -0.468. The van der Waals surface area contributed by atoms with Crippen LogP contribution in [0.5, 0.6) is 0 Å². The smallest absolute Gasteiger partial charge is 0.278 e. The summed E-state index contributed by atoms with van der Waals surface area (Å²) in [5.41, 5.74) is 1.27. The maximum absolute atomic E-state index is 14.2. The normalized spacial score (nSPS) is 14.7. The predicted octanol–water partition coefficient (Wildman–Crippen LogP) is 2.64. The molecule has 0 atom stereocenters. The van der Waals surface area contributed by atoms with Gasteiger partial charge in [0.25, 0.3) is 5.91 Å². The van der Waals surface area contributed by atoms with E-state index in [9.17, 15) is 14.0 Å². The lowest BCUT2D eigenvalue weighted by atomic mass is 10.2. The third-order valence-electron chi connectivity index (χ3n) is 5.30. The first-order valence-electron chi connectivity index (χ1n) is 9.94. The van der Waals surface area contributed by atoms with Crippen LogP contribution in [0.15, 0.2) is 65.5 Å². The summed E-state index contributed by atoms with van der Waals surface area (Å²) >= 11 is 0. The van der Waals surface area contributed by atoms with Crippen LogP contribution in [0.4, 0.5) is 4.39 Å². The first-order chi connectivity index (χ1) is 14.5. The van der Waals surface area contributed by atoms with E-state index in [2.05, 4.69) is 22.1 Å². The van der Waals surface area contributed by atoms with Crippen molar-refractivity contribution in [2.75, 3.05) is 26.2 Å². The quantitative estimate of drug-likeness (QED) is 0.669. The molecule has 1 saturated heterocycles. The van der Waals surface area contributed by atoms with Crippen molar-refractivity contribution in [3.8, 4) is 5.69 Å². The molecular formula is C23H23FN4O2. The second kappa shape index (κ2) is 8.59. The number of rotatable bonds is 4. The molecule has 1 aromatic heterocycles. The lowest BCUT2D eigenvalue weighted by Gasteiger charge is -2.34. The second-order valence-electron chi connectivity index (χ2n) is 7.42. The van der Waals surface area contributed by atoms with E-state index in [-0.39, 0.29) is 11.4 Å². The molecule has 1 amide bonds. The number of hydrogen-bond acceptors (Lipinski definition) is 4. The van der Waals surface area contributed by atoms with Gasteiger partial charge in [-0.05, 0) is 24.6 Å². The molecule has 0 saturated carbocycles. The molecule has 2 heterocycles. The summed E-state index contributed by atoms with van der Waals surface area (Å²) in [7, 11) is 0. The van der Waals surface area contributed by atoms with E-state index in [1.807, 2.05) is 18.2 Å². The Hall–Kier alpha value is -3.32. The molecule has 1 fully saturated rings. The maximum atomic E-state index is 14.2. The standard InChI is InChI=1S/C23H23FN4O2/c1-17-15-21(29)22(25-28(17)20-10-6-5-9-19(20)24)23(30)27-13-11-26(12-14-27)16-18-7-3-2-4-8-18/h2-10,15H,11-14,16H2,1H3. The van der Waals surface area contributed by atoms with E-state index in [1.165, 1.54) is 22.4 Å². The number of aryl methyl sites for hydroxylation is 1. The van der Waals surface area contributed by atoms with Crippen LogP contribution in [0.1, 0.15) is 21.7 Å². The summed E-state index contributed by atoms with van der Waals surface area (Å²) in [5, 5.41) is 4.22. The van der Waals surface area contributed by atoms with Crippen molar-refractivity contribution in [3.05, 3.63) is 93.7 Å². The highest BCUT2D eigenvalue weighted by Gasteiger charge is 2.26. The Morgan fingerprint density at radius 1 is 1.00 bits per heavy atom. The summed E-state index contributed by atoms with van der Waals surface area (Å²) in [4.78, 5) is 29.4. The number of aromatic nitrogens is 2. The Balaban J connectivity index is 1.51. The van der Waals surface area contributed by atoms with Gasteiger partial charge in [-0.2, -0.15) is 5.10 Å². The van der Waals surface area contributed by atoms with E-state index < -0.39 is 17.2 Å². The summed E-state index contributed by atoms with van der Waals surface area (Å²) in [6.45, 7) is 4.95. The molecule has 3 aromatic rings. The Labute approximate surface area is 174 Å². The predicted molar refractivity (Wildman–Crippen MR) is 112 cm³/mol. The van der Waals surface area contributed by atoms with Crippen molar-refractivity contribution in [2.45, 2.75) is 13.5 Å². The van der Waals surface area contributed by atoms with Crippen LogP contribution in [-0.4, -0.2) is 51.7 Å². The van der Waals surface area contributed by atoms with Crippen LogP contribution in [0.3, 0.4) is 0 Å². The van der Waals surface area contributed by atoms with Gasteiger partial charge in [-0.1, -0.05) is 42.5 Å². The maximum Gasteiger partial charge on any atom is 0.278 e. The molecule has 6 nitrogen and oxygen atoms in total. The Morgan fingerprint density at radius 2 is 1.67 bits per heavy atom. The Morgan fingerprint density at radius 3 is 2.37 bits per heavy atom. The largest absolute Gasteiger partial charge is 0.335 e. The minimum absolute atomic E-state index is 0.180. The van der Waals surface area contributed by atoms with E-state index in [0.717, 1.165) is 6.54 Å². The van der Waals surface area contributed by atoms with Crippen molar-refractivity contribution in [3.63, 3.8) is 0 Å². The summed E-state index contributed by atoms with van der Waals surface area (Å²) < 4.78 is 15.5. The van der Waals surface area contributed by atoms with Gasteiger partial charge >= 0.3 is 0 Å². The van der Waals surface area contributed by atoms with Crippen molar-refractivity contribution >= 4 is 5.91 Å². The van der Waals surface area contributed by atoms with Crippen molar-refractivity contribution in [2.24, 2.45) is 0 Å². The molecular weight excluding hydrogens is 383 g/mol. The van der Waals surface area contributed by atoms with Gasteiger partial charge in [-0.3, -0.25) is 14.5 Å². The van der Waals surface area contributed by atoms with Gasteiger partial charge in [0.1, 0.15) is 11.5 Å². The van der Waals surface area contributed by atoms with Crippen LogP contribution in [0.2, 0.25) is 0 Å². The van der Waals surface area contributed by atoms with Gasteiger partial charge in [0.15, 0.2) is 5.69 Å². The molecule has 1 aliphatic heterocycles. The molecule has 30 heavy (non-hydrogen) atoms. The number of amides is 1. The lowest BCUT2D eigenvalue weighted by Crippen LogP contribution is -2.49. The number of nitrogens with zero attached hydrogens (tertiary/aromatic N) is 4. The molecule has 0 radical (unpaired) electrons. The molecule has 2 aromatic carbocycles. The zero-order chi connectivity index (χ0) is 21.1. The first kappa shape index (κ1) is 20.0. The zero-order valence-corrected chi connectivity index (χ0v) is 16.8. The first-order valence-corrected chi connectivity index (χ1v) is 9.94. The van der Waals surface area contributed by atoms with Crippen LogP contribution < -0.4 is 5.43 Å². The minimum Gasteiger partial charge on any atom is -0.335 e. The number of benzene rings is 2. The number of para-hydroxylation sites is 1. The Kier molecular flexibility index (Phi) is 5.72. The van der Waals surface area contributed by atoms with Gasteiger partial charge in [0.05, 0.1) is 0 Å². The molecule has 4 rings (SSSR count). The van der Waals surface area contributed by atoms with E-state index in [0.29, 0.717) is 31.9 Å². The molecule has 0 spiro atoms. The van der Waals surface area contributed by atoms with Gasteiger partial charge in [-0.25, -0.2) is 9.07 Å². The summed E-state index contributed by atoms with van der Waals surface area (Å²) in [5.74, 6) is -0.880. The van der Waals surface area contributed by atoms with Crippen LogP contribution >= 0.6 is 0 Å². The topological polar surface area (TPSA) is 58.4 Å². The van der Waals surface area contributed by atoms with Gasteiger partial charge in [0, 0.05) is 44.5 Å². The molecule has 0 aliphatic carbocycles. The highest BCUT2D eigenvalue weighted by molar-refractivity contribution is 5.92. The average Bonchev–Trinajstić information content (AvgIpc) is 2.75. The molecule has 7 heteroatoms. The number of carbonyl (C=O) groups is 1. The third kappa shape index (κ3) is 4.16. The number of piperazine rings is 1. The second-order valence-corrected chi connectivity index (χ2v) is 7.42. The van der Waals surface area contributed by atoms with Crippen LogP contribution in [-0.2, 0) is 6.54 Å². The number of halogens is 1. The van der Waals surface area contributed by atoms with E-state index >= 15 is 0 Å². The highest BCUT2D eigenvalue weighted by atomic mass is 19.1. The molecule has 1 aliphatic rings. The van der Waals surface area contributed by atoms with E-state index in [4.69, 9.17) is 0 Å².